The van der Waals surface area contributed by atoms with E-state index in [1.54, 1.807) is 0 Å². The van der Waals surface area contributed by atoms with E-state index in [0.29, 0.717) is 12.3 Å². The number of nitrogens with zero attached hydrogens (tertiary/aromatic N) is 2. The summed E-state index contributed by atoms with van der Waals surface area (Å²) in [5.74, 6) is 0.117. The second kappa shape index (κ2) is 7.86. The minimum Gasteiger partial charge on any atom is -0.480 e. The van der Waals surface area contributed by atoms with Crippen molar-refractivity contribution in [1.82, 2.24) is 4.90 Å². The highest BCUT2D eigenvalue weighted by Gasteiger charge is 2.48. The van der Waals surface area contributed by atoms with Crippen molar-refractivity contribution < 1.29 is 9.16 Å². The molecule has 0 spiro atoms. The smallest absolute Gasteiger partial charge is 0.228 e. The molecule has 1 rings (SSSR count). The van der Waals surface area contributed by atoms with Crippen LogP contribution in [0.3, 0.4) is 0 Å². The number of nitrogens with one attached hydrogen (secondary N) is 1. The first-order valence-corrected chi connectivity index (χ1v) is 12.0. The molecular formula is C18H38N4O2Si. The summed E-state index contributed by atoms with van der Waals surface area (Å²) >= 11 is 0. The third-order valence-corrected chi connectivity index (χ3v) is 10.00. The van der Waals surface area contributed by atoms with Gasteiger partial charge in [-0.05, 0) is 38.9 Å². The fourth-order valence-corrected chi connectivity index (χ4v) is 4.38. The molecule has 0 aromatic heterocycles. The van der Waals surface area contributed by atoms with E-state index in [4.69, 9.17) is 20.3 Å². The van der Waals surface area contributed by atoms with Crippen LogP contribution in [0.2, 0.25) is 18.1 Å². The average Bonchev–Trinajstić information content (AvgIpc) is 2.41. The van der Waals surface area contributed by atoms with Gasteiger partial charge >= 0.3 is 0 Å². The minimum atomic E-state index is -1.79. The van der Waals surface area contributed by atoms with Gasteiger partial charge in [0.2, 0.25) is 5.90 Å². The molecule has 0 bridgehead atoms. The van der Waals surface area contributed by atoms with Gasteiger partial charge in [0.25, 0.3) is 0 Å². The van der Waals surface area contributed by atoms with E-state index in [-0.39, 0.29) is 28.6 Å². The molecule has 1 aliphatic rings. The molecule has 7 heteroatoms. The summed E-state index contributed by atoms with van der Waals surface area (Å²) in [6.45, 7) is 19.7. The lowest BCUT2D eigenvalue weighted by atomic mass is 9.96. The van der Waals surface area contributed by atoms with Crippen LogP contribution in [0.15, 0.2) is 4.99 Å². The Kier molecular flexibility index (Phi) is 7.00. The van der Waals surface area contributed by atoms with Gasteiger partial charge in [0.15, 0.2) is 8.32 Å². The number of hydrogen-bond acceptors (Lipinski definition) is 6. The topological polar surface area (TPSA) is 83.9 Å². The molecule has 1 unspecified atom stereocenters. The fourth-order valence-electron chi connectivity index (χ4n) is 2.71. The lowest BCUT2D eigenvalue weighted by Gasteiger charge is -2.53. The van der Waals surface area contributed by atoms with Crippen LogP contribution in [0.25, 0.3) is 0 Å². The standard InChI is InChI=1S/C18H38N4O2Si/c1-13(19)14(2)21-15(16(20)23-7)10-22-11-18(6,12-22)24-25(8,9)17(3,4)5/h13-14,20H,10-12,19H2,1-9H3/t13-,14?/m1/s1. The number of hydrogen-bond donors (Lipinski definition) is 2. The van der Waals surface area contributed by atoms with Gasteiger partial charge in [-0.1, -0.05) is 20.8 Å². The zero-order chi connectivity index (χ0) is 19.6. The van der Waals surface area contributed by atoms with Crippen molar-refractivity contribution in [3.63, 3.8) is 0 Å². The maximum atomic E-state index is 8.00. The molecule has 25 heavy (non-hydrogen) atoms. The van der Waals surface area contributed by atoms with Crippen molar-refractivity contribution in [2.24, 2.45) is 10.7 Å². The molecule has 0 radical (unpaired) electrons. The van der Waals surface area contributed by atoms with Crippen LogP contribution in [0.5, 0.6) is 0 Å². The summed E-state index contributed by atoms with van der Waals surface area (Å²) in [7, 11) is -0.281. The summed E-state index contributed by atoms with van der Waals surface area (Å²) in [5, 5.41) is 8.20. The number of ether oxygens (including phenoxy) is 1. The Morgan fingerprint density at radius 2 is 1.84 bits per heavy atom. The molecule has 0 amide bonds. The molecule has 0 saturated carbocycles. The average molecular weight is 371 g/mol. The van der Waals surface area contributed by atoms with Gasteiger partial charge < -0.3 is 14.9 Å². The normalized spacial score (nSPS) is 21.4. The Balaban J connectivity index is 2.72. The third kappa shape index (κ3) is 5.87. The first-order valence-electron chi connectivity index (χ1n) is 9.08. The Hall–Kier alpha value is -0.763. The first-order chi connectivity index (χ1) is 11.2. The number of likely N-dealkylation sites (tertiary alicyclic amines) is 1. The van der Waals surface area contributed by atoms with E-state index in [1.165, 1.54) is 7.11 Å². The van der Waals surface area contributed by atoms with Crippen molar-refractivity contribution in [3.05, 3.63) is 0 Å². The Bertz CT molecular complexity index is 506. The van der Waals surface area contributed by atoms with E-state index in [1.807, 2.05) is 13.8 Å². The molecule has 0 aliphatic carbocycles. The maximum Gasteiger partial charge on any atom is 0.228 e. The molecule has 0 aromatic carbocycles. The van der Waals surface area contributed by atoms with Gasteiger partial charge in [-0.3, -0.25) is 15.3 Å². The maximum absolute atomic E-state index is 8.00. The number of rotatable bonds is 7. The molecule has 3 N–H and O–H groups in total. The predicted molar refractivity (Wildman–Crippen MR) is 108 cm³/mol. The SMILES string of the molecule is COC(=N)C(CN1CC(C)(O[Si](C)(C)C(C)(C)C)C1)=NC(C)[C@@H](C)N. The molecule has 2 atom stereocenters. The van der Waals surface area contributed by atoms with Gasteiger partial charge in [-0.2, -0.15) is 0 Å². The Morgan fingerprint density at radius 1 is 1.32 bits per heavy atom. The van der Waals surface area contributed by atoms with Crippen molar-refractivity contribution in [2.75, 3.05) is 26.7 Å². The van der Waals surface area contributed by atoms with Crippen LogP contribution in [-0.2, 0) is 9.16 Å². The second-order valence-corrected chi connectivity index (χ2v) is 13.9. The van der Waals surface area contributed by atoms with Crippen LogP contribution >= 0.6 is 0 Å². The number of methoxy groups -OCH3 is 1. The summed E-state index contributed by atoms with van der Waals surface area (Å²) in [6, 6.07) is -0.0927. The number of nitrogens with two attached hydrogens (primary N) is 1. The van der Waals surface area contributed by atoms with Crippen LogP contribution < -0.4 is 5.73 Å². The highest BCUT2D eigenvalue weighted by atomic mass is 28.4. The minimum absolute atomic E-state index is 0.0401. The van der Waals surface area contributed by atoms with E-state index >= 15 is 0 Å². The zero-order valence-corrected chi connectivity index (χ0v) is 18.6. The summed E-state index contributed by atoms with van der Waals surface area (Å²) in [6.07, 6.45) is 0. The van der Waals surface area contributed by atoms with E-state index in [0.717, 1.165) is 13.1 Å². The zero-order valence-electron chi connectivity index (χ0n) is 17.6. The third-order valence-electron chi connectivity index (χ3n) is 5.38. The largest absolute Gasteiger partial charge is 0.480 e. The monoisotopic (exact) mass is 370 g/mol. The van der Waals surface area contributed by atoms with Crippen molar-refractivity contribution in [3.8, 4) is 0 Å². The quantitative estimate of drug-likeness (QED) is 0.410. The van der Waals surface area contributed by atoms with Crippen LogP contribution in [0.4, 0.5) is 0 Å². The lowest BCUT2D eigenvalue weighted by Crippen LogP contribution is -2.66. The molecule has 1 fully saturated rings. The summed E-state index contributed by atoms with van der Waals surface area (Å²) < 4.78 is 11.7. The highest BCUT2D eigenvalue weighted by molar-refractivity contribution is 6.74. The van der Waals surface area contributed by atoms with Crippen molar-refractivity contribution >= 4 is 19.9 Å². The van der Waals surface area contributed by atoms with Crippen LogP contribution in [0.1, 0.15) is 41.5 Å². The van der Waals surface area contributed by atoms with Crippen LogP contribution in [0, 0.1) is 5.41 Å². The highest BCUT2D eigenvalue weighted by Crippen LogP contribution is 2.41. The molecule has 1 aliphatic heterocycles. The van der Waals surface area contributed by atoms with Gasteiger partial charge in [-0.25, -0.2) is 0 Å². The molecule has 0 aromatic rings. The molecular weight excluding hydrogens is 332 g/mol. The van der Waals surface area contributed by atoms with Gasteiger partial charge in [0, 0.05) is 25.7 Å². The summed E-state index contributed by atoms with van der Waals surface area (Å²) in [5.41, 5.74) is 6.45. The van der Waals surface area contributed by atoms with Gasteiger partial charge in [0.1, 0.15) is 5.71 Å². The van der Waals surface area contributed by atoms with Crippen molar-refractivity contribution in [1.29, 1.82) is 5.41 Å². The lowest BCUT2D eigenvalue weighted by molar-refractivity contribution is -0.0648. The predicted octanol–water partition coefficient (Wildman–Crippen LogP) is 2.88. The van der Waals surface area contributed by atoms with Crippen LogP contribution in [-0.4, -0.2) is 69.3 Å². The molecule has 1 saturated heterocycles. The van der Waals surface area contributed by atoms with Gasteiger partial charge in [0.05, 0.1) is 18.8 Å². The van der Waals surface area contributed by atoms with Gasteiger partial charge in [-0.15, -0.1) is 0 Å². The molecule has 6 nitrogen and oxygen atoms in total. The number of aliphatic imine (C=N–C) groups is 1. The van der Waals surface area contributed by atoms with Crippen molar-refractivity contribution in [2.45, 2.75) is 77.4 Å². The second-order valence-electron chi connectivity index (χ2n) is 9.17. The Labute approximate surface area is 154 Å². The Morgan fingerprint density at radius 3 is 2.24 bits per heavy atom. The molecule has 146 valence electrons. The molecule has 1 heterocycles. The van der Waals surface area contributed by atoms with E-state index in [9.17, 15) is 0 Å². The van der Waals surface area contributed by atoms with E-state index < -0.39 is 8.32 Å². The van der Waals surface area contributed by atoms with E-state index in [2.05, 4.69) is 50.7 Å². The fraction of sp³-hybridized carbons (Fsp3) is 0.889. The first kappa shape index (κ1) is 22.3. The summed E-state index contributed by atoms with van der Waals surface area (Å²) in [4.78, 5) is 6.86.